The Balaban J connectivity index is 1.69. The molecule has 0 aliphatic carbocycles. The van der Waals surface area contributed by atoms with Gasteiger partial charge in [0.15, 0.2) is 0 Å². The van der Waals surface area contributed by atoms with E-state index in [1.165, 1.54) is 0 Å². The second kappa shape index (κ2) is 8.18. The molecule has 1 heterocycles. The number of fused-ring (bicyclic) bond motifs is 1. The molecule has 4 heteroatoms. The predicted octanol–water partition coefficient (Wildman–Crippen LogP) is 5.95. The molecular weight excluding hydrogens is 378 g/mol. The fourth-order valence-electron chi connectivity index (χ4n) is 3.55. The van der Waals surface area contributed by atoms with Gasteiger partial charge >= 0.3 is 0 Å². The van der Waals surface area contributed by atoms with Crippen molar-refractivity contribution in [2.75, 3.05) is 0 Å². The third-order valence-corrected chi connectivity index (χ3v) is 6.65. The van der Waals surface area contributed by atoms with Crippen LogP contribution in [0.3, 0.4) is 0 Å². The van der Waals surface area contributed by atoms with Gasteiger partial charge in [-0.1, -0.05) is 73.2 Å². The Morgan fingerprint density at radius 1 is 0.931 bits per heavy atom. The van der Waals surface area contributed by atoms with Crippen LogP contribution in [0, 0.1) is 6.92 Å². The van der Waals surface area contributed by atoms with Crippen molar-refractivity contribution in [3.05, 3.63) is 96.2 Å². The molecule has 4 aromatic rings. The number of carbonyl (C=O) groups excluding carboxylic acids is 1. The van der Waals surface area contributed by atoms with Crippen molar-refractivity contribution < 1.29 is 9.00 Å². The summed E-state index contributed by atoms with van der Waals surface area (Å²) in [6, 6.07) is 25.4. The van der Waals surface area contributed by atoms with E-state index < -0.39 is 10.8 Å². The number of hydrogen-bond acceptors (Lipinski definition) is 2. The molecule has 0 aliphatic heterocycles. The van der Waals surface area contributed by atoms with E-state index in [-0.39, 0.29) is 11.8 Å². The Bertz CT molecular complexity index is 1180. The Hall–Kier alpha value is -2.98. The van der Waals surface area contributed by atoms with Crippen LogP contribution in [0.25, 0.3) is 10.9 Å². The van der Waals surface area contributed by atoms with Gasteiger partial charge in [-0.25, -0.2) is 4.21 Å². The first-order valence-corrected chi connectivity index (χ1v) is 10.9. The van der Waals surface area contributed by atoms with E-state index in [1.807, 2.05) is 85.8 Å². The molecule has 0 radical (unpaired) electrons. The van der Waals surface area contributed by atoms with Gasteiger partial charge in [0.2, 0.25) is 5.91 Å². The quantitative estimate of drug-likeness (QED) is 0.414. The SMILES string of the molecule is Cc1ccc([S@](=O)c2cn(C(=O)C[C@@H](C)c3ccccc3)c3ccccc23)cc1. The number of rotatable bonds is 5. The molecule has 1 aromatic heterocycles. The molecule has 2 atom stereocenters. The van der Waals surface area contributed by atoms with Crippen LogP contribution in [0.5, 0.6) is 0 Å². The van der Waals surface area contributed by atoms with Crippen molar-refractivity contribution >= 4 is 27.6 Å². The number of para-hydroxylation sites is 1. The summed E-state index contributed by atoms with van der Waals surface area (Å²) < 4.78 is 14.9. The lowest BCUT2D eigenvalue weighted by Crippen LogP contribution is -2.12. The van der Waals surface area contributed by atoms with Gasteiger partial charge in [0.05, 0.1) is 21.2 Å². The topological polar surface area (TPSA) is 39.1 Å². The second-order valence-corrected chi connectivity index (χ2v) is 8.82. The van der Waals surface area contributed by atoms with Crippen molar-refractivity contribution in [2.24, 2.45) is 0 Å². The smallest absolute Gasteiger partial charge is 0.231 e. The molecule has 0 saturated carbocycles. The minimum absolute atomic E-state index is 0.00436. The molecule has 0 amide bonds. The number of carbonyl (C=O) groups is 1. The van der Waals surface area contributed by atoms with Gasteiger partial charge in [0.25, 0.3) is 0 Å². The summed E-state index contributed by atoms with van der Waals surface area (Å²) in [5, 5.41) is 0.854. The Morgan fingerprint density at radius 2 is 1.59 bits per heavy atom. The monoisotopic (exact) mass is 401 g/mol. The number of aromatic nitrogens is 1. The molecule has 0 aliphatic rings. The van der Waals surface area contributed by atoms with Crippen molar-refractivity contribution in [1.29, 1.82) is 0 Å². The Morgan fingerprint density at radius 3 is 2.31 bits per heavy atom. The van der Waals surface area contributed by atoms with E-state index in [0.717, 1.165) is 26.9 Å². The third-order valence-electron chi connectivity index (χ3n) is 5.23. The van der Waals surface area contributed by atoms with E-state index >= 15 is 0 Å². The lowest BCUT2D eigenvalue weighted by molar-refractivity contribution is 0.0900. The molecule has 0 unspecified atom stereocenters. The van der Waals surface area contributed by atoms with E-state index in [4.69, 9.17) is 0 Å². The van der Waals surface area contributed by atoms with Gasteiger partial charge < -0.3 is 0 Å². The zero-order valence-corrected chi connectivity index (χ0v) is 17.4. The van der Waals surface area contributed by atoms with Crippen molar-refractivity contribution in [2.45, 2.75) is 36.0 Å². The molecular formula is C25H23NO2S. The largest absolute Gasteiger partial charge is 0.286 e. The molecule has 4 rings (SSSR count). The van der Waals surface area contributed by atoms with Crippen LogP contribution in [-0.4, -0.2) is 14.7 Å². The summed E-state index contributed by atoms with van der Waals surface area (Å²) in [7, 11) is -1.35. The Kier molecular flexibility index (Phi) is 5.45. The Labute approximate surface area is 173 Å². The van der Waals surface area contributed by atoms with Crippen LogP contribution in [-0.2, 0) is 10.8 Å². The van der Waals surface area contributed by atoms with Crippen LogP contribution < -0.4 is 0 Å². The maximum absolute atomic E-state index is 13.2. The summed E-state index contributed by atoms with van der Waals surface area (Å²) >= 11 is 0. The third kappa shape index (κ3) is 3.94. The summed E-state index contributed by atoms with van der Waals surface area (Å²) in [5.41, 5.74) is 3.06. The maximum Gasteiger partial charge on any atom is 0.231 e. The van der Waals surface area contributed by atoms with Crippen LogP contribution >= 0.6 is 0 Å². The van der Waals surface area contributed by atoms with Gasteiger partial charge in [-0.2, -0.15) is 0 Å². The normalized spacial score (nSPS) is 13.3. The molecule has 146 valence electrons. The first kappa shape index (κ1) is 19.3. The summed E-state index contributed by atoms with van der Waals surface area (Å²) in [6.07, 6.45) is 2.14. The molecule has 3 nitrogen and oxygen atoms in total. The molecule has 29 heavy (non-hydrogen) atoms. The molecule has 0 spiro atoms. The number of aryl methyl sites for hydroxylation is 1. The minimum atomic E-state index is -1.35. The first-order chi connectivity index (χ1) is 14.0. The van der Waals surface area contributed by atoms with E-state index in [2.05, 4.69) is 6.92 Å². The fourth-order valence-corrected chi connectivity index (χ4v) is 4.76. The standard InChI is InChI=1S/C25H23NO2S/c1-18-12-14-21(15-13-18)29(28)24-17-26(23-11-7-6-10-22(23)24)25(27)16-19(2)20-8-4-3-5-9-20/h3-15,17,19H,16H2,1-2H3/t19-,29+/m1/s1. The van der Waals surface area contributed by atoms with Crippen LogP contribution in [0.15, 0.2) is 94.9 Å². The zero-order chi connectivity index (χ0) is 20.4. The number of benzene rings is 3. The van der Waals surface area contributed by atoms with Gasteiger partial charge in [-0.15, -0.1) is 0 Å². The molecule has 0 fully saturated rings. The molecule has 0 N–H and O–H groups in total. The highest BCUT2D eigenvalue weighted by molar-refractivity contribution is 7.85. The highest BCUT2D eigenvalue weighted by atomic mass is 32.2. The van der Waals surface area contributed by atoms with Crippen LogP contribution in [0.4, 0.5) is 0 Å². The van der Waals surface area contributed by atoms with Gasteiger partial charge in [0, 0.05) is 22.9 Å². The highest BCUT2D eigenvalue weighted by Crippen LogP contribution is 2.29. The molecule has 0 bridgehead atoms. The van der Waals surface area contributed by atoms with Crippen molar-refractivity contribution in [1.82, 2.24) is 4.57 Å². The van der Waals surface area contributed by atoms with E-state index in [9.17, 15) is 9.00 Å². The first-order valence-electron chi connectivity index (χ1n) is 9.71. The lowest BCUT2D eigenvalue weighted by atomic mass is 9.97. The molecule has 3 aromatic carbocycles. The summed E-state index contributed by atoms with van der Waals surface area (Å²) in [5.74, 6) is 0.112. The van der Waals surface area contributed by atoms with Gasteiger partial charge in [0.1, 0.15) is 0 Å². The zero-order valence-electron chi connectivity index (χ0n) is 16.5. The highest BCUT2D eigenvalue weighted by Gasteiger charge is 2.20. The number of hydrogen-bond donors (Lipinski definition) is 0. The molecule has 0 saturated heterocycles. The van der Waals surface area contributed by atoms with Crippen LogP contribution in [0.1, 0.15) is 35.2 Å². The fraction of sp³-hybridized carbons (Fsp3) is 0.160. The van der Waals surface area contributed by atoms with Crippen molar-refractivity contribution in [3.63, 3.8) is 0 Å². The average molecular weight is 402 g/mol. The maximum atomic E-state index is 13.2. The average Bonchev–Trinajstić information content (AvgIpc) is 3.14. The predicted molar refractivity (Wildman–Crippen MR) is 118 cm³/mol. The van der Waals surface area contributed by atoms with E-state index in [1.54, 1.807) is 10.8 Å². The van der Waals surface area contributed by atoms with Gasteiger partial charge in [-0.05, 0) is 36.6 Å². The minimum Gasteiger partial charge on any atom is -0.286 e. The van der Waals surface area contributed by atoms with Crippen LogP contribution in [0.2, 0.25) is 0 Å². The van der Waals surface area contributed by atoms with Gasteiger partial charge in [-0.3, -0.25) is 9.36 Å². The summed E-state index contributed by atoms with van der Waals surface area (Å²) in [4.78, 5) is 14.5. The number of nitrogens with zero attached hydrogens (tertiary/aromatic N) is 1. The second-order valence-electron chi connectivity index (χ2n) is 7.37. The van der Waals surface area contributed by atoms with Crippen molar-refractivity contribution in [3.8, 4) is 0 Å². The lowest BCUT2D eigenvalue weighted by Gasteiger charge is -2.12. The van der Waals surface area contributed by atoms with E-state index in [0.29, 0.717) is 11.3 Å². The summed E-state index contributed by atoms with van der Waals surface area (Å²) in [6.45, 7) is 4.06.